The van der Waals surface area contributed by atoms with Gasteiger partial charge in [-0.15, -0.1) is 0 Å². The number of aliphatic imine (C=N–C) groups is 1. The van der Waals surface area contributed by atoms with Crippen LogP contribution in [-0.2, 0) is 19.2 Å². The second-order valence-corrected chi connectivity index (χ2v) is 9.68. The van der Waals surface area contributed by atoms with Gasteiger partial charge in [0.25, 0.3) is 0 Å². The molecule has 0 radical (unpaired) electrons. The lowest BCUT2D eigenvalue weighted by atomic mass is 9.98. The third-order valence-electron chi connectivity index (χ3n) is 5.71. The van der Waals surface area contributed by atoms with Crippen molar-refractivity contribution >= 4 is 29.7 Å². The molecule has 0 aliphatic rings. The Morgan fingerprint density at radius 1 is 0.886 bits per heavy atom. The molecule has 0 saturated carbocycles. The van der Waals surface area contributed by atoms with Gasteiger partial charge in [-0.3, -0.25) is 19.4 Å². The summed E-state index contributed by atoms with van der Waals surface area (Å²) in [5.41, 5.74) is 16.7. The van der Waals surface area contributed by atoms with Crippen molar-refractivity contribution in [3.05, 3.63) is 0 Å². The molecule has 10 N–H and O–H groups in total. The zero-order valence-corrected chi connectivity index (χ0v) is 21.8. The predicted octanol–water partition coefficient (Wildman–Crippen LogP) is -0.345. The molecule has 0 aliphatic carbocycles. The third kappa shape index (κ3) is 12.4. The van der Waals surface area contributed by atoms with Crippen LogP contribution in [0.4, 0.5) is 0 Å². The Kier molecular flexibility index (Phi) is 14.6. The molecule has 0 rings (SSSR count). The molecule has 5 unspecified atom stereocenters. The first-order valence-corrected chi connectivity index (χ1v) is 12.2. The van der Waals surface area contributed by atoms with Crippen molar-refractivity contribution < 1.29 is 24.3 Å². The van der Waals surface area contributed by atoms with Gasteiger partial charge in [-0.2, -0.15) is 0 Å². The summed E-state index contributed by atoms with van der Waals surface area (Å²) in [6.45, 7) is 11.1. The Bertz CT molecular complexity index is 738. The molecular weight excluding hydrogens is 454 g/mol. The maximum absolute atomic E-state index is 13.2. The highest BCUT2D eigenvalue weighted by molar-refractivity contribution is 5.94. The number of hydrogen-bond acceptors (Lipinski definition) is 6. The number of amides is 3. The monoisotopic (exact) mass is 499 g/mol. The number of carbonyl (C=O) groups is 4. The fourth-order valence-electron chi connectivity index (χ4n) is 3.30. The van der Waals surface area contributed by atoms with Crippen molar-refractivity contribution in [2.24, 2.45) is 39.9 Å². The van der Waals surface area contributed by atoms with Gasteiger partial charge in [0.15, 0.2) is 5.96 Å². The van der Waals surface area contributed by atoms with E-state index in [1.807, 2.05) is 27.7 Å². The molecule has 0 fully saturated rings. The number of aliphatic carboxylic acids is 1. The Morgan fingerprint density at radius 2 is 1.43 bits per heavy atom. The maximum Gasteiger partial charge on any atom is 0.326 e. The Hall–Kier alpha value is -2.89. The van der Waals surface area contributed by atoms with Gasteiger partial charge in [0.2, 0.25) is 17.7 Å². The highest BCUT2D eigenvalue weighted by Gasteiger charge is 2.32. The standard InChI is InChI=1S/C23H45N7O5/c1-7-14(6)17(24)21(33)28-15(9-8-10-27-23(25)26)19(31)29-16(11-12(2)3)20(32)30-18(13(4)5)22(34)35/h12-18H,7-11,24H2,1-6H3,(H,28,33)(H,29,31)(H,30,32)(H,34,35)(H4,25,26,27). The van der Waals surface area contributed by atoms with Crippen LogP contribution >= 0.6 is 0 Å². The van der Waals surface area contributed by atoms with E-state index in [4.69, 9.17) is 17.2 Å². The molecule has 0 heterocycles. The summed E-state index contributed by atoms with van der Waals surface area (Å²) in [4.78, 5) is 54.2. The summed E-state index contributed by atoms with van der Waals surface area (Å²) >= 11 is 0. The predicted molar refractivity (Wildman–Crippen MR) is 135 cm³/mol. The Morgan fingerprint density at radius 3 is 1.89 bits per heavy atom. The SMILES string of the molecule is CCC(C)C(N)C(=O)NC(CCCN=C(N)N)C(=O)NC(CC(C)C)C(=O)NC(C(=O)O)C(C)C. The number of carboxylic acids is 1. The van der Waals surface area contributed by atoms with Gasteiger partial charge >= 0.3 is 5.97 Å². The molecule has 0 aromatic heterocycles. The smallest absolute Gasteiger partial charge is 0.326 e. The molecule has 0 spiro atoms. The van der Waals surface area contributed by atoms with E-state index in [1.165, 1.54) is 0 Å². The van der Waals surface area contributed by atoms with E-state index >= 15 is 0 Å². The molecule has 0 aliphatic heterocycles. The summed E-state index contributed by atoms with van der Waals surface area (Å²) in [5, 5.41) is 17.3. The molecule has 12 nitrogen and oxygen atoms in total. The average Bonchev–Trinajstić information content (AvgIpc) is 2.76. The fourth-order valence-corrected chi connectivity index (χ4v) is 3.30. The van der Waals surface area contributed by atoms with Gasteiger partial charge in [0.1, 0.15) is 18.1 Å². The number of carboxylic acid groups (broad SMARTS) is 1. The van der Waals surface area contributed by atoms with Crippen LogP contribution in [0.25, 0.3) is 0 Å². The molecule has 0 aromatic rings. The van der Waals surface area contributed by atoms with Crippen molar-refractivity contribution in [2.75, 3.05) is 6.54 Å². The number of nitrogens with one attached hydrogen (secondary N) is 3. The molecule has 3 amide bonds. The molecular formula is C23H45N7O5. The first-order chi connectivity index (χ1) is 16.2. The highest BCUT2D eigenvalue weighted by Crippen LogP contribution is 2.10. The summed E-state index contributed by atoms with van der Waals surface area (Å²) in [6, 6.07) is -3.86. The third-order valence-corrected chi connectivity index (χ3v) is 5.71. The van der Waals surface area contributed by atoms with Crippen molar-refractivity contribution in [2.45, 2.75) is 91.4 Å². The van der Waals surface area contributed by atoms with Gasteiger partial charge in [-0.1, -0.05) is 48.0 Å². The largest absolute Gasteiger partial charge is 0.480 e. The number of nitrogens with zero attached hydrogens (tertiary/aromatic N) is 1. The molecule has 0 aromatic carbocycles. The minimum absolute atomic E-state index is 0.0297. The van der Waals surface area contributed by atoms with Gasteiger partial charge < -0.3 is 38.3 Å². The van der Waals surface area contributed by atoms with E-state index in [9.17, 15) is 24.3 Å². The second-order valence-electron chi connectivity index (χ2n) is 9.68. The minimum Gasteiger partial charge on any atom is -0.480 e. The van der Waals surface area contributed by atoms with Gasteiger partial charge in [-0.25, -0.2) is 4.79 Å². The average molecular weight is 500 g/mol. The molecule has 0 saturated heterocycles. The fraction of sp³-hybridized carbons (Fsp3) is 0.783. The first kappa shape index (κ1) is 32.1. The Labute approximate surface area is 208 Å². The van der Waals surface area contributed by atoms with Crippen LogP contribution in [0, 0.1) is 17.8 Å². The van der Waals surface area contributed by atoms with E-state index < -0.39 is 47.9 Å². The molecule has 35 heavy (non-hydrogen) atoms. The lowest BCUT2D eigenvalue weighted by Gasteiger charge is -2.27. The number of carbonyl (C=O) groups excluding carboxylic acids is 3. The zero-order valence-electron chi connectivity index (χ0n) is 21.8. The normalized spacial score (nSPS) is 15.5. The van der Waals surface area contributed by atoms with Crippen molar-refractivity contribution in [3.8, 4) is 0 Å². The van der Waals surface area contributed by atoms with E-state index in [2.05, 4.69) is 20.9 Å². The number of nitrogens with two attached hydrogens (primary N) is 3. The topological polar surface area (TPSA) is 215 Å². The summed E-state index contributed by atoms with van der Waals surface area (Å²) in [6.07, 6.45) is 1.57. The number of hydrogen-bond donors (Lipinski definition) is 7. The van der Waals surface area contributed by atoms with Gasteiger partial charge in [-0.05, 0) is 37.0 Å². The Balaban J connectivity index is 5.64. The van der Waals surface area contributed by atoms with E-state index in [-0.39, 0.29) is 43.1 Å². The van der Waals surface area contributed by atoms with Crippen LogP contribution in [0.2, 0.25) is 0 Å². The van der Waals surface area contributed by atoms with Crippen molar-refractivity contribution in [1.82, 2.24) is 16.0 Å². The quantitative estimate of drug-likeness (QED) is 0.0844. The minimum atomic E-state index is -1.16. The number of rotatable bonds is 16. The molecule has 0 bridgehead atoms. The molecule has 5 atom stereocenters. The van der Waals surface area contributed by atoms with Crippen molar-refractivity contribution in [3.63, 3.8) is 0 Å². The molecule has 202 valence electrons. The highest BCUT2D eigenvalue weighted by atomic mass is 16.4. The van der Waals surface area contributed by atoms with Crippen LogP contribution < -0.4 is 33.2 Å². The lowest BCUT2D eigenvalue weighted by molar-refractivity contribution is -0.143. The second kappa shape index (κ2) is 15.9. The van der Waals surface area contributed by atoms with Crippen LogP contribution in [-0.4, -0.2) is 65.5 Å². The number of guanidine groups is 1. The molecule has 12 heteroatoms. The van der Waals surface area contributed by atoms with E-state index in [0.717, 1.165) is 0 Å². The zero-order chi connectivity index (χ0) is 27.3. The van der Waals surface area contributed by atoms with Gasteiger partial charge in [0.05, 0.1) is 6.04 Å². The summed E-state index contributed by atoms with van der Waals surface area (Å²) < 4.78 is 0. The van der Waals surface area contributed by atoms with Crippen LogP contribution in [0.15, 0.2) is 4.99 Å². The first-order valence-electron chi connectivity index (χ1n) is 12.2. The van der Waals surface area contributed by atoms with E-state index in [1.54, 1.807) is 13.8 Å². The van der Waals surface area contributed by atoms with Crippen molar-refractivity contribution in [1.29, 1.82) is 0 Å². The van der Waals surface area contributed by atoms with Gasteiger partial charge in [0, 0.05) is 6.54 Å². The van der Waals surface area contributed by atoms with Crippen LogP contribution in [0.1, 0.15) is 67.2 Å². The summed E-state index contributed by atoms with van der Waals surface area (Å²) in [7, 11) is 0. The maximum atomic E-state index is 13.2. The van der Waals surface area contributed by atoms with Crippen LogP contribution in [0.3, 0.4) is 0 Å². The summed E-state index contributed by atoms with van der Waals surface area (Å²) in [5.74, 6) is -3.31. The van der Waals surface area contributed by atoms with E-state index in [0.29, 0.717) is 12.8 Å². The van der Waals surface area contributed by atoms with Crippen LogP contribution in [0.5, 0.6) is 0 Å². The lowest BCUT2D eigenvalue weighted by Crippen LogP contribution is -2.58.